The highest BCUT2D eigenvalue weighted by Crippen LogP contribution is 1.64. The molecule has 0 fully saturated rings. The summed E-state index contributed by atoms with van der Waals surface area (Å²) < 4.78 is 30.5. The van der Waals surface area contributed by atoms with Crippen molar-refractivity contribution in [3.63, 3.8) is 0 Å². The Kier molecular flexibility index (Phi) is 4.17. The molecule has 0 spiro atoms. The maximum Gasteiger partial charge on any atom is 0.231 e. The van der Waals surface area contributed by atoms with E-state index in [-0.39, 0.29) is 6.54 Å². The molecule has 0 bridgehead atoms. The van der Waals surface area contributed by atoms with Gasteiger partial charge in [0.05, 0.1) is 0 Å². The van der Waals surface area contributed by atoms with Crippen LogP contribution in [0.1, 0.15) is 0 Å². The summed E-state index contributed by atoms with van der Waals surface area (Å²) in [4.78, 5) is 0. The van der Waals surface area contributed by atoms with Gasteiger partial charge in [0, 0.05) is 6.54 Å². The van der Waals surface area contributed by atoms with Gasteiger partial charge in [-0.3, -0.25) is 4.55 Å². The largest absolute Gasteiger partial charge is 0.294 e. The first-order valence-corrected chi connectivity index (χ1v) is 2.78. The van der Waals surface area contributed by atoms with Crippen molar-refractivity contribution in [2.24, 2.45) is 0 Å². The van der Waals surface area contributed by atoms with Gasteiger partial charge in [0.1, 0.15) is 6.67 Å². The van der Waals surface area contributed by atoms with Crippen LogP contribution in [-0.4, -0.2) is 22.0 Å². The highest BCUT2D eigenvalue weighted by Gasteiger charge is 1.86. The smallest absolute Gasteiger partial charge is 0.231 e. The van der Waals surface area contributed by atoms with Crippen molar-refractivity contribution in [2.75, 3.05) is 13.2 Å². The molecule has 3 nitrogen and oxygen atoms in total. The van der Waals surface area contributed by atoms with Crippen LogP contribution in [0.4, 0.5) is 4.39 Å². The zero-order chi connectivity index (χ0) is 5.70. The number of nitrogens with one attached hydrogen (secondary N) is 1. The maximum absolute atomic E-state index is 11.0. The summed E-state index contributed by atoms with van der Waals surface area (Å²) in [5, 5.41) is 0. The third kappa shape index (κ3) is 6.00. The molecular formula is C2H6FNO2S. The number of hydrogen-bond acceptors (Lipinski definition) is 1. The Hall–Kier alpha value is -0.0000000000000000555. The van der Waals surface area contributed by atoms with E-state index in [4.69, 9.17) is 4.55 Å². The molecule has 5 heteroatoms. The topological polar surface area (TPSA) is 49.3 Å². The van der Waals surface area contributed by atoms with Gasteiger partial charge in [-0.15, -0.1) is 0 Å². The van der Waals surface area contributed by atoms with Crippen LogP contribution in [0.25, 0.3) is 0 Å². The molecule has 0 amide bonds. The molecule has 7 heavy (non-hydrogen) atoms. The van der Waals surface area contributed by atoms with Crippen LogP contribution in [-0.2, 0) is 11.3 Å². The molecule has 0 aromatic heterocycles. The van der Waals surface area contributed by atoms with E-state index < -0.39 is 17.9 Å². The Morgan fingerprint density at radius 1 is 1.86 bits per heavy atom. The van der Waals surface area contributed by atoms with Crippen molar-refractivity contribution in [1.29, 1.82) is 0 Å². The molecule has 2 N–H and O–H groups in total. The van der Waals surface area contributed by atoms with Gasteiger partial charge in [-0.2, -0.15) is 0 Å². The Labute approximate surface area is 43.3 Å². The average molecular weight is 127 g/mol. The lowest BCUT2D eigenvalue weighted by Crippen LogP contribution is -2.18. The quantitative estimate of drug-likeness (QED) is 0.510. The van der Waals surface area contributed by atoms with Crippen LogP contribution < -0.4 is 4.72 Å². The maximum atomic E-state index is 11.0. The summed E-state index contributed by atoms with van der Waals surface area (Å²) >= 11 is -2.06. The van der Waals surface area contributed by atoms with E-state index in [9.17, 15) is 8.60 Å². The van der Waals surface area contributed by atoms with Gasteiger partial charge < -0.3 is 0 Å². The minimum absolute atomic E-state index is 0.0664. The van der Waals surface area contributed by atoms with Gasteiger partial charge in [-0.1, -0.05) is 0 Å². The standard InChI is InChI=1S/C2H6FNO2S/c3-1-2-4-7(5)6/h4H,1-2H2,(H,5,6). The van der Waals surface area contributed by atoms with E-state index >= 15 is 0 Å². The Balaban J connectivity index is 2.82. The van der Waals surface area contributed by atoms with Crippen LogP contribution >= 0.6 is 0 Å². The molecule has 0 aliphatic carbocycles. The zero-order valence-electron chi connectivity index (χ0n) is 3.56. The van der Waals surface area contributed by atoms with E-state index in [0.29, 0.717) is 0 Å². The SMILES string of the molecule is O=S(O)NCCF. The van der Waals surface area contributed by atoms with Crippen molar-refractivity contribution in [3.8, 4) is 0 Å². The van der Waals surface area contributed by atoms with Crippen molar-refractivity contribution >= 4 is 11.3 Å². The van der Waals surface area contributed by atoms with Gasteiger partial charge in [-0.25, -0.2) is 13.3 Å². The fourth-order valence-corrected chi connectivity index (χ4v) is 0.378. The first-order valence-electron chi connectivity index (χ1n) is 1.67. The molecule has 0 rings (SSSR count). The van der Waals surface area contributed by atoms with Crippen LogP contribution in [0.3, 0.4) is 0 Å². The van der Waals surface area contributed by atoms with Crippen molar-refractivity contribution in [1.82, 2.24) is 4.72 Å². The van der Waals surface area contributed by atoms with E-state index in [0.717, 1.165) is 0 Å². The minimum Gasteiger partial charge on any atom is -0.294 e. The molecular weight excluding hydrogens is 121 g/mol. The summed E-state index contributed by atoms with van der Waals surface area (Å²) in [5.41, 5.74) is 0. The molecule has 0 aliphatic rings. The normalized spacial score (nSPS) is 14.0. The first-order chi connectivity index (χ1) is 3.27. The Morgan fingerprint density at radius 2 is 2.43 bits per heavy atom. The average Bonchev–Trinajstić information content (AvgIpc) is 1.61. The summed E-state index contributed by atoms with van der Waals surface area (Å²) in [6.07, 6.45) is 0. The lowest BCUT2D eigenvalue weighted by Gasteiger charge is -1.88. The monoisotopic (exact) mass is 127 g/mol. The Bertz CT molecular complexity index is 68.7. The number of halogens is 1. The summed E-state index contributed by atoms with van der Waals surface area (Å²) in [6, 6.07) is 0. The molecule has 0 aromatic rings. The zero-order valence-corrected chi connectivity index (χ0v) is 4.37. The molecule has 0 radical (unpaired) electrons. The van der Waals surface area contributed by atoms with Crippen LogP contribution in [0, 0.1) is 0 Å². The number of alkyl halides is 1. The highest BCUT2D eigenvalue weighted by molar-refractivity contribution is 7.77. The van der Waals surface area contributed by atoms with Crippen LogP contribution in [0.2, 0.25) is 0 Å². The third-order valence-electron chi connectivity index (χ3n) is 0.320. The Morgan fingerprint density at radius 3 is 2.57 bits per heavy atom. The van der Waals surface area contributed by atoms with E-state index in [1.165, 1.54) is 0 Å². The first kappa shape index (κ1) is 7.00. The molecule has 1 unspecified atom stereocenters. The van der Waals surface area contributed by atoms with Gasteiger partial charge in [0.2, 0.25) is 11.3 Å². The number of hydrogen-bond donors (Lipinski definition) is 2. The summed E-state index contributed by atoms with van der Waals surface area (Å²) in [7, 11) is 0. The summed E-state index contributed by atoms with van der Waals surface area (Å²) in [5.74, 6) is 0. The highest BCUT2D eigenvalue weighted by atomic mass is 32.2. The van der Waals surface area contributed by atoms with Gasteiger partial charge in [-0.05, 0) is 0 Å². The van der Waals surface area contributed by atoms with Gasteiger partial charge >= 0.3 is 0 Å². The minimum atomic E-state index is -2.06. The molecule has 0 saturated heterocycles. The second kappa shape index (κ2) is 4.17. The summed E-state index contributed by atoms with van der Waals surface area (Å²) in [6.45, 7) is -0.685. The van der Waals surface area contributed by atoms with E-state index in [1.54, 1.807) is 0 Å². The second-order valence-corrected chi connectivity index (χ2v) is 1.62. The molecule has 1 atom stereocenters. The molecule has 0 heterocycles. The second-order valence-electron chi connectivity index (χ2n) is 0.832. The number of rotatable bonds is 3. The van der Waals surface area contributed by atoms with Gasteiger partial charge in [0.25, 0.3) is 0 Å². The molecule has 44 valence electrons. The third-order valence-corrected chi connectivity index (χ3v) is 0.771. The fourth-order valence-electron chi connectivity index (χ4n) is 0.126. The van der Waals surface area contributed by atoms with Crippen LogP contribution in [0.5, 0.6) is 0 Å². The predicted octanol–water partition coefficient (Wildman–Crippen LogP) is -0.318. The lowest BCUT2D eigenvalue weighted by atomic mass is 10.8. The molecule has 0 aliphatic heterocycles. The predicted molar refractivity (Wildman–Crippen MR) is 24.7 cm³/mol. The fraction of sp³-hybridized carbons (Fsp3) is 1.00. The molecule has 0 aromatic carbocycles. The molecule has 0 saturated carbocycles. The van der Waals surface area contributed by atoms with Crippen molar-refractivity contribution in [2.45, 2.75) is 0 Å². The van der Waals surface area contributed by atoms with Crippen molar-refractivity contribution < 1.29 is 13.2 Å². The van der Waals surface area contributed by atoms with E-state index in [1.807, 2.05) is 4.72 Å². The van der Waals surface area contributed by atoms with Gasteiger partial charge in [0.15, 0.2) is 0 Å². The van der Waals surface area contributed by atoms with Crippen LogP contribution in [0.15, 0.2) is 0 Å². The van der Waals surface area contributed by atoms with E-state index in [2.05, 4.69) is 0 Å². The van der Waals surface area contributed by atoms with Crippen molar-refractivity contribution in [3.05, 3.63) is 0 Å². The lowest BCUT2D eigenvalue weighted by molar-refractivity contribution is 0.481.